The smallest absolute Gasteiger partial charge is 0.322 e. The zero-order chi connectivity index (χ0) is 23.2. The van der Waals surface area contributed by atoms with Crippen LogP contribution in [0.1, 0.15) is 22.8 Å². The van der Waals surface area contributed by atoms with E-state index in [9.17, 15) is 18.8 Å². The highest BCUT2D eigenvalue weighted by Gasteiger charge is 2.43. The van der Waals surface area contributed by atoms with E-state index in [1.807, 2.05) is 0 Å². The van der Waals surface area contributed by atoms with E-state index in [2.05, 4.69) is 25.9 Å². The number of carbonyl (C=O) groups is 3. The Morgan fingerprint density at radius 1 is 1.03 bits per heavy atom. The zero-order valence-electron chi connectivity index (χ0n) is 17.4. The molecule has 1 aromatic heterocycles. The molecule has 0 bridgehead atoms. The Bertz CT molecular complexity index is 1430. The molecule has 164 valence electrons. The minimum Gasteiger partial charge on any atom is -0.338 e. The average molecular weight is 443 g/mol. The maximum Gasteiger partial charge on any atom is 0.322 e. The standard InChI is InChI=1S/C24H18FN5O3/c1-24(22(32)29-23(33)30-24)15-7-5-13(6-8-15)21(31)26-17-9-10-18-19(12-17)28-20(27-18)14-3-2-4-16(25)11-14/h2-12H,1H3,(H,26,31)(H,27,28)(H2,29,30,32,33). The van der Waals surface area contributed by atoms with E-state index in [1.165, 1.54) is 12.1 Å². The number of halogens is 1. The van der Waals surface area contributed by atoms with Crippen LogP contribution in [0.5, 0.6) is 0 Å². The second kappa shape index (κ2) is 7.56. The third-order valence-electron chi connectivity index (χ3n) is 5.61. The summed E-state index contributed by atoms with van der Waals surface area (Å²) in [6, 6.07) is 17.2. The average Bonchev–Trinajstić information content (AvgIpc) is 3.33. The number of rotatable bonds is 4. The third-order valence-corrected chi connectivity index (χ3v) is 5.61. The number of anilines is 1. The summed E-state index contributed by atoms with van der Waals surface area (Å²) in [4.78, 5) is 43.9. The first-order valence-electron chi connectivity index (χ1n) is 10.1. The van der Waals surface area contributed by atoms with Gasteiger partial charge in [-0.05, 0) is 55.0 Å². The van der Waals surface area contributed by atoms with Gasteiger partial charge >= 0.3 is 6.03 Å². The number of benzene rings is 3. The van der Waals surface area contributed by atoms with E-state index in [0.717, 1.165) is 0 Å². The first-order valence-corrected chi connectivity index (χ1v) is 10.1. The molecule has 1 atom stereocenters. The van der Waals surface area contributed by atoms with Crippen molar-refractivity contribution < 1.29 is 18.8 Å². The number of nitrogens with zero attached hydrogens (tertiary/aromatic N) is 1. The van der Waals surface area contributed by atoms with Gasteiger partial charge in [-0.25, -0.2) is 14.2 Å². The highest BCUT2D eigenvalue weighted by Crippen LogP contribution is 2.26. The molecule has 0 aliphatic carbocycles. The predicted molar refractivity (Wildman–Crippen MR) is 120 cm³/mol. The van der Waals surface area contributed by atoms with E-state index in [1.54, 1.807) is 61.5 Å². The van der Waals surface area contributed by atoms with Gasteiger partial charge in [-0.3, -0.25) is 14.9 Å². The molecule has 33 heavy (non-hydrogen) atoms. The van der Waals surface area contributed by atoms with Crippen molar-refractivity contribution in [2.24, 2.45) is 0 Å². The number of carbonyl (C=O) groups excluding carboxylic acids is 3. The third kappa shape index (κ3) is 3.69. The molecule has 0 saturated carbocycles. The summed E-state index contributed by atoms with van der Waals surface area (Å²) in [6.45, 7) is 1.60. The molecule has 8 nitrogen and oxygen atoms in total. The van der Waals surface area contributed by atoms with E-state index in [-0.39, 0.29) is 11.7 Å². The van der Waals surface area contributed by atoms with Crippen LogP contribution in [-0.2, 0) is 10.3 Å². The Morgan fingerprint density at radius 3 is 2.52 bits per heavy atom. The Labute approximate surface area is 187 Å². The van der Waals surface area contributed by atoms with Crippen LogP contribution in [0.25, 0.3) is 22.4 Å². The summed E-state index contributed by atoms with van der Waals surface area (Å²) in [6.07, 6.45) is 0. The lowest BCUT2D eigenvalue weighted by molar-refractivity contribution is -0.123. The number of hydrogen-bond acceptors (Lipinski definition) is 4. The summed E-state index contributed by atoms with van der Waals surface area (Å²) >= 11 is 0. The van der Waals surface area contributed by atoms with E-state index < -0.39 is 17.5 Å². The van der Waals surface area contributed by atoms with Gasteiger partial charge in [0.05, 0.1) is 11.0 Å². The molecule has 1 saturated heterocycles. The van der Waals surface area contributed by atoms with Crippen LogP contribution in [0.15, 0.2) is 66.7 Å². The molecule has 3 aromatic carbocycles. The van der Waals surface area contributed by atoms with Crippen LogP contribution in [0.4, 0.5) is 14.9 Å². The van der Waals surface area contributed by atoms with Crippen LogP contribution < -0.4 is 16.0 Å². The molecular weight excluding hydrogens is 425 g/mol. The van der Waals surface area contributed by atoms with Crippen LogP contribution >= 0.6 is 0 Å². The van der Waals surface area contributed by atoms with Crippen LogP contribution in [-0.4, -0.2) is 27.8 Å². The van der Waals surface area contributed by atoms with Crippen LogP contribution in [0.3, 0.4) is 0 Å². The Balaban J connectivity index is 1.34. The van der Waals surface area contributed by atoms with Gasteiger partial charge in [-0.15, -0.1) is 0 Å². The van der Waals surface area contributed by atoms with Crippen LogP contribution in [0, 0.1) is 5.82 Å². The van der Waals surface area contributed by atoms with Crippen molar-refractivity contribution in [3.05, 3.63) is 83.7 Å². The SMILES string of the molecule is CC1(c2ccc(C(=O)Nc3ccc4nc(-c5cccc(F)c5)[nH]c4c3)cc2)NC(=O)NC1=O. The molecule has 1 fully saturated rings. The summed E-state index contributed by atoms with van der Waals surface area (Å²) in [5, 5.41) is 7.63. The molecule has 2 heterocycles. The van der Waals surface area contributed by atoms with Gasteiger partial charge in [0, 0.05) is 16.8 Å². The zero-order valence-corrected chi connectivity index (χ0v) is 17.4. The second-order valence-corrected chi connectivity index (χ2v) is 7.89. The van der Waals surface area contributed by atoms with E-state index >= 15 is 0 Å². The van der Waals surface area contributed by atoms with Gasteiger partial charge in [0.2, 0.25) is 0 Å². The minimum absolute atomic E-state index is 0.337. The molecule has 1 aliphatic heterocycles. The first kappa shape index (κ1) is 20.4. The minimum atomic E-state index is -1.18. The quantitative estimate of drug-likeness (QED) is 0.360. The predicted octanol–water partition coefficient (Wildman–Crippen LogP) is 3.68. The van der Waals surface area contributed by atoms with E-state index in [4.69, 9.17) is 0 Å². The lowest BCUT2D eigenvalue weighted by Crippen LogP contribution is -2.40. The van der Waals surface area contributed by atoms with Crippen LogP contribution in [0.2, 0.25) is 0 Å². The van der Waals surface area contributed by atoms with Gasteiger partial charge in [0.1, 0.15) is 17.2 Å². The summed E-state index contributed by atoms with van der Waals surface area (Å²) < 4.78 is 13.5. The number of amides is 4. The van der Waals surface area contributed by atoms with Gasteiger partial charge in [-0.1, -0.05) is 24.3 Å². The molecule has 0 radical (unpaired) electrons. The number of urea groups is 1. The van der Waals surface area contributed by atoms with Crippen molar-refractivity contribution in [3.8, 4) is 11.4 Å². The molecule has 1 unspecified atom stereocenters. The topological polar surface area (TPSA) is 116 Å². The van der Waals surface area contributed by atoms with Gasteiger partial charge in [-0.2, -0.15) is 0 Å². The Hall–Kier alpha value is -4.53. The summed E-state index contributed by atoms with van der Waals surface area (Å²) in [5.74, 6) is -0.608. The van der Waals surface area contributed by atoms with Crippen molar-refractivity contribution in [1.82, 2.24) is 20.6 Å². The molecule has 9 heteroatoms. The maximum atomic E-state index is 13.5. The molecule has 4 amide bonds. The van der Waals surface area contributed by atoms with Crippen molar-refractivity contribution in [3.63, 3.8) is 0 Å². The number of H-pyrrole nitrogens is 1. The van der Waals surface area contributed by atoms with E-state index in [0.29, 0.717) is 39.2 Å². The van der Waals surface area contributed by atoms with Crippen molar-refractivity contribution >= 4 is 34.6 Å². The molecule has 1 aliphatic rings. The molecule has 0 spiro atoms. The highest BCUT2D eigenvalue weighted by atomic mass is 19.1. The molecule has 5 rings (SSSR count). The Kier molecular flexibility index (Phi) is 4.67. The number of aromatic nitrogens is 2. The highest BCUT2D eigenvalue weighted by molar-refractivity contribution is 6.08. The van der Waals surface area contributed by atoms with Crippen molar-refractivity contribution in [1.29, 1.82) is 0 Å². The maximum absolute atomic E-state index is 13.5. The lowest BCUT2D eigenvalue weighted by atomic mass is 9.91. The van der Waals surface area contributed by atoms with Gasteiger partial charge in [0.25, 0.3) is 11.8 Å². The summed E-state index contributed by atoms with van der Waals surface area (Å²) in [7, 11) is 0. The number of fused-ring (bicyclic) bond motifs is 1. The monoisotopic (exact) mass is 443 g/mol. The first-order chi connectivity index (χ1) is 15.8. The molecular formula is C24H18FN5O3. The number of imidazole rings is 1. The second-order valence-electron chi connectivity index (χ2n) is 7.89. The normalized spacial score (nSPS) is 17.6. The molecule has 4 aromatic rings. The number of aromatic amines is 1. The largest absolute Gasteiger partial charge is 0.338 e. The lowest BCUT2D eigenvalue weighted by Gasteiger charge is -2.21. The fraction of sp³-hybridized carbons (Fsp3) is 0.0833. The Morgan fingerprint density at radius 2 is 1.82 bits per heavy atom. The fourth-order valence-corrected chi connectivity index (χ4v) is 3.76. The van der Waals surface area contributed by atoms with Gasteiger partial charge in [0.15, 0.2) is 0 Å². The number of hydrogen-bond donors (Lipinski definition) is 4. The number of imide groups is 1. The van der Waals surface area contributed by atoms with Crippen molar-refractivity contribution in [2.75, 3.05) is 5.32 Å². The molecule has 4 N–H and O–H groups in total. The summed E-state index contributed by atoms with van der Waals surface area (Å²) in [5.41, 5.74) is 2.32. The number of nitrogens with one attached hydrogen (secondary N) is 4. The fourth-order valence-electron chi connectivity index (χ4n) is 3.76. The van der Waals surface area contributed by atoms with Crippen molar-refractivity contribution in [2.45, 2.75) is 12.5 Å². The van der Waals surface area contributed by atoms with Gasteiger partial charge < -0.3 is 15.6 Å².